The largest absolute Gasteiger partial charge is 0.367 e. The van der Waals surface area contributed by atoms with Crippen LogP contribution in [-0.4, -0.2) is 15.0 Å². The molecule has 3 aromatic carbocycles. The number of fused-ring (bicyclic) bond motifs is 1. The Morgan fingerprint density at radius 1 is 0.769 bits per heavy atom. The second-order valence-corrected chi connectivity index (χ2v) is 8.09. The monoisotopic (exact) mass is 364 g/mol. The van der Waals surface area contributed by atoms with Crippen LogP contribution in [0.25, 0.3) is 0 Å². The zero-order chi connectivity index (χ0) is 18.0. The number of nitrogens with zero attached hydrogens (tertiary/aromatic N) is 1. The SMILES string of the molecule is O=S(=O)(Nc1ccc(N2CCc3ccccc3C2)cc1)c1ccccc1. The maximum Gasteiger partial charge on any atom is 0.261 e. The average molecular weight is 364 g/mol. The molecule has 26 heavy (non-hydrogen) atoms. The van der Waals surface area contributed by atoms with Gasteiger partial charge in [0.2, 0.25) is 0 Å². The summed E-state index contributed by atoms with van der Waals surface area (Å²) in [6.07, 6.45) is 1.03. The van der Waals surface area contributed by atoms with Crippen LogP contribution in [0, 0.1) is 0 Å². The molecular weight excluding hydrogens is 344 g/mol. The zero-order valence-corrected chi connectivity index (χ0v) is 15.1. The van der Waals surface area contributed by atoms with E-state index in [1.54, 1.807) is 30.3 Å². The molecule has 1 N–H and O–H groups in total. The van der Waals surface area contributed by atoms with Crippen LogP contribution in [0.2, 0.25) is 0 Å². The number of nitrogens with one attached hydrogen (secondary N) is 1. The first-order chi connectivity index (χ1) is 12.6. The Morgan fingerprint density at radius 3 is 2.15 bits per heavy atom. The van der Waals surface area contributed by atoms with Crippen molar-refractivity contribution in [1.29, 1.82) is 0 Å². The van der Waals surface area contributed by atoms with Gasteiger partial charge in [0.1, 0.15) is 0 Å². The normalized spacial score (nSPS) is 13.9. The smallest absolute Gasteiger partial charge is 0.261 e. The number of hydrogen-bond donors (Lipinski definition) is 1. The van der Waals surface area contributed by atoms with Crippen LogP contribution in [0.3, 0.4) is 0 Å². The summed E-state index contributed by atoms with van der Waals surface area (Å²) in [7, 11) is -3.55. The maximum atomic E-state index is 12.4. The van der Waals surface area contributed by atoms with Gasteiger partial charge in [-0.1, -0.05) is 42.5 Å². The molecule has 0 aliphatic carbocycles. The number of hydrogen-bond acceptors (Lipinski definition) is 3. The molecule has 1 heterocycles. The summed E-state index contributed by atoms with van der Waals surface area (Å²) in [4.78, 5) is 2.58. The second-order valence-electron chi connectivity index (χ2n) is 6.41. The summed E-state index contributed by atoms with van der Waals surface area (Å²) in [5.41, 5.74) is 4.43. The van der Waals surface area contributed by atoms with Crippen molar-refractivity contribution in [3.63, 3.8) is 0 Å². The molecule has 5 heteroatoms. The van der Waals surface area contributed by atoms with Gasteiger partial charge >= 0.3 is 0 Å². The third-order valence-electron chi connectivity index (χ3n) is 4.67. The number of sulfonamides is 1. The lowest BCUT2D eigenvalue weighted by molar-refractivity contribution is 0.601. The third-order valence-corrected chi connectivity index (χ3v) is 6.07. The second kappa shape index (κ2) is 6.84. The Hall–Kier alpha value is -2.79. The Kier molecular flexibility index (Phi) is 4.39. The minimum atomic E-state index is -3.55. The van der Waals surface area contributed by atoms with E-state index in [0.29, 0.717) is 5.69 Å². The van der Waals surface area contributed by atoms with Crippen LogP contribution < -0.4 is 9.62 Å². The minimum absolute atomic E-state index is 0.261. The predicted molar refractivity (Wildman–Crippen MR) is 105 cm³/mol. The number of benzene rings is 3. The van der Waals surface area contributed by atoms with Crippen molar-refractivity contribution >= 4 is 21.4 Å². The van der Waals surface area contributed by atoms with Crippen LogP contribution in [-0.2, 0) is 23.0 Å². The Labute approximate surface area is 154 Å². The molecule has 3 aromatic rings. The molecular formula is C21H20N2O2S. The summed E-state index contributed by atoms with van der Waals surface area (Å²) < 4.78 is 27.4. The lowest BCUT2D eigenvalue weighted by Gasteiger charge is -2.30. The topological polar surface area (TPSA) is 49.4 Å². The van der Waals surface area contributed by atoms with Gasteiger partial charge in [0.15, 0.2) is 0 Å². The summed E-state index contributed by atoms with van der Waals surface area (Å²) >= 11 is 0. The lowest BCUT2D eigenvalue weighted by Crippen LogP contribution is -2.30. The van der Waals surface area contributed by atoms with Gasteiger partial charge in [0.05, 0.1) is 4.90 Å². The lowest BCUT2D eigenvalue weighted by atomic mass is 9.99. The fourth-order valence-corrected chi connectivity index (χ4v) is 4.35. The summed E-state index contributed by atoms with van der Waals surface area (Å²) in [6.45, 7) is 1.84. The van der Waals surface area contributed by atoms with Crippen LogP contribution in [0.1, 0.15) is 11.1 Å². The van der Waals surface area contributed by atoms with Crippen LogP contribution >= 0.6 is 0 Å². The van der Waals surface area contributed by atoms with Crippen molar-refractivity contribution in [3.05, 3.63) is 90.0 Å². The molecule has 4 nitrogen and oxygen atoms in total. The van der Waals surface area contributed by atoms with Gasteiger partial charge < -0.3 is 4.90 Å². The molecule has 0 spiro atoms. The highest BCUT2D eigenvalue weighted by Gasteiger charge is 2.17. The molecule has 0 radical (unpaired) electrons. The Morgan fingerprint density at radius 2 is 1.42 bits per heavy atom. The number of rotatable bonds is 4. The standard InChI is InChI=1S/C21H20N2O2S/c24-26(25,21-8-2-1-3-9-21)22-19-10-12-20(13-11-19)23-15-14-17-6-4-5-7-18(17)16-23/h1-13,22H,14-16H2. The van der Waals surface area contributed by atoms with Crippen molar-refractivity contribution in [1.82, 2.24) is 0 Å². The van der Waals surface area contributed by atoms with Crippen molar-refractivity contribution < 1.29 is 8.42 Å². The molecule has 132 valence electrons. The van der Waals surface area contributed by atoms with Crippen molar-refractivity contribution in [2.24, 2.45) is 0 Å². The van der Waals surface area contributed by atoms with Crippen LogP contribution in [0.5, 0.6) is 0 Å². The van der Waals surface area contributed by atoms with E-state index in [-0.39, 0.29) is 4.90 Å². The minimum Gasteiger partial charge on any atom is -0.367 e. The van der Waals surface area contributed by atoms with E-state index in [2.05, 4.69) is 33.9 Å². The highest BCUT2D eigenvalue weighted by Crippen LogP contribution is 2.26. The molecule has 0 saturated heterocycles. The molecule has 4 rings (SSSR count). The van der Waals surface area contributed by atoms with Gasteiger partial charge in [-0.2, -0.15) is 0 Å². The van der Waals surface area contributed by atoms with E-state index < -0.39 is 10.0 Å². The fraction of sp³-hybridized carbons (Fsp3) is 0.143. The molecule has 1 aliphatic rings. The zero-order valence-electron chi connectivity index (χ0n) is 14.3. The highest BCUT2D eigenvalue weighted by atomic mass is 32.2. The first-order valence-electron chi connectivity index (χ1n) is 8.61. The van der Waals surface area contributed by atoms with E-state index in [4.69, 9.17) is 0 Å². The van der Waals surface area contributed by atoms with Crippen LogP contribution in [0.15, 0.2) is 83.8 Å². The van der Waals surface area contributed by atoms with Gasteiger partial charge in [0.25, 0.3) is 10.0 Å². The Balaban J connectivity index is 1.49. The third kappa shape index (κ3) is 3.44. The first-order valence-corrected chi connectivity index (χ1v) is 10.1. The molecule has 0 fully saturated rings. The van der Waals surface area contributed by atoms with E-state index in [1.165, 1.54) is 11.1 Å². The predicted octanol–water partition coefficient (Wildman–Crippen LogP) is 4.05. The summed E-state index contributed by atoms with van der Waals surface area (Å²) in [5, 5.41) is 0. The average Bonchev–Trinajstić information content (AvgIpc) is 2.69. The van der Waals surface area contributed by atoms with Gasteiger partial charge in [0, 0.05) is 24.5 Å². The maximum absolute atomic E-state index is 12.4. The summed E-state index contributed by atoms with van der Waals surface area (Å²) in [6, 6.07) is 24.5. The molecule has 0 amide bonds. The van der Waals surface area contributed by atoms with Gasteiger partial charge in [-0.25, -0.2) is 8.42 Å². The molecule has 0 aromatic heterocycles. The fourth-order valence-electron chi connectivity index (χ4n) is 3.27. The first kappa shape index (κ1) is 16.7. The molecule has 0 atom stereocenters. The van der Waals surface area contributed by atoms with Gasteiger partial charge in [-0.3, -0.25) is 4.72 Å². The van der Waals surface area contributed by atoms with Crippen molar-refractivity contribution in [2.75, 3.05) is 16.2 Å². The van der Waals surface area contributed by atoms with E-state index >= 15 is 0 Å². The van der Waals surface area contributed by atoms with Gasteiger partial charge in [-0.15, -0.1) is 0 Å². The van der Waals surface area contributed by atoms with Crippen molar-refractivity contribution in [3.8, 4) is 0 Å². The molecule has 0 bridgehead atoms. The quantitative estimate of drug-likeness (QED) is 0.760. The summed E-state index contributed by atoms with van der Waals surface area (Å²) in [5.74, 6) is 0. The molecule has 0 unspecified atom stereocenters. The van der Waals surface area contributed by atoms with E-state index in [1.807, 2.05) is 24.3 Å². The Bertz CT molecular complexity index is 1000. The van der Waals surface area contributed by atoms with Crippen LogP contribution in [0.4, 0.5) is 11.4 Å². The number of anilines is 2. The highest BCUT2D eigenvalue weighted by molar-refractivity contribution is 7.92. The van der Waals surface area contributed by atoms with Gasteiger partial charge in [-0.05, 0) is 53.9 Å². The van der Waals surface area contributed by atoms with E-state index in [0.717, 1.165) is 25.2 Å². The molecule has 0 saturated carbocycles. The molecule has 1 aliphatic heterocycles. The van der Waals surface area contributed by atoms with Crippen molar-refractivity contribution in [2.45, 2.75) is 17.9 Å². The van der Waals surface area contributed by atoms with E-state index in [9.17, 15) is 8.42 Å².